The normalized spacial score (nSPS) is 24.4. The lowest BCUT2D eigenvalue weighted by atomic mass is 10.1. The van der Waals surface area contributed by atoms with Gasteiger partial charge in [-0.3, -0.25) is 9.59 Å². The summed E-state index contributed by atoms with van der Waals surface area (Å²) in [5, 5.41) is 1.85. The van der Waals surface area contributed by atoms with E-state index in [9.17, 15) is 14.4 Å². The van der Waals surface area contributed by atoms with Crippen molar-refractivity contribution in [1.82, 2.24) is 9.80 Å². The van der Waals surface area contributed by atoms with Crippen LogP contribution in [0.25, 0.3) is 10.8 Å². The van der Waals surface area contributed by atoms with Crippen molar-refractivity contribution in [2.24, 2.45) is 0 Å². The van der Waals surface area contributed by atoms with Gasteiger partial charge in [0.2, 0.25) is 0 Å². The first-order chi connectivity index (χ1) is 15.0. The molecule has 6 heteroatoms. The number of rotatable bonds is 2. The minimum absolute atomic E-state index is 0.0697. The lowest BCUT2D eigenvalue weighted by Crippen LogP contribution is -2.54. The Morgan fingerprint density at radius 2 is 1.74 bits per heavy atom. The smallest absolute Gasteiger partial charge is 0.331 e. The molecule has 3 aliphatic heterocycles. The largest absolute Gasteiger partial charge is 0.332 e. The Morgan fingerprint density at radius 1 is 0.968 bits per heavy atom. The molecule has 0 aromatic heterocycles. The van der Waals surface area contributed by atoms with Crippen molar-refractivity contribution in [3.8, 4) is 0 Å². The summed E-state index contributed by atoms with van der Waals surface area (Å²) in [7, 11) is 0. The van der Waals surface area contributed by atoms with Crippen molar-refractivity contribution < 1.29 is 14.4 Å². The molecule has 31 heavy (non-hydrogen) atoms. The summed E-state index contributed by atoms with van der Waals surface area (Å²) in [6.45, 7) is 2.42. The summed E-state index contributed by atoms with van der Waals surface area (Å²) in [4.78, 5) is 44.9. The van der Waals surface area contributed by atoms with Gasteiger partial charge in [0, 0.05) is 17.5 Å². The number of piperazine rings is 1. The van der Waals surface area contributed by atoms with Crippen LogP contribution >= 0.6 is 0 Å². The molecular weight excluding hydrogens is 390 g/mol. The van der Waals surface area contributed by atoms with E-state index in [4.69, 9.17) is 0 Å². The molecule has 0 spiro atoms. The van der Waals surface area contributed by atoms with Crippen LogP contribution in [-0.4, -0.2) is 52.3 Å². The van der Waals surface area contributed by atoms with Gasteiger partial charge in [-0.2, -0.15) is 0 Å². The van der Waals surface area contributed by atoms with Gasteiger partial charge in [0.15, 0.2) is 0 Å². The third-order valence-corrected chi connectivity index (χ3v) is 6.80. The summed E-state index contributed by atoms with van der Waals surface area (Å²) in [6, 6.07) is 19.6. The predicted molar refractivity (Wildman–Crippen MR) is 117 cm³/mol. The van der Waals surface area contributed by atoms with E-state index in [1.54, 1.807) is 9.80 Å². The van der Waals surface area contributed by atoms with Gasteiger partial charge in [-0.15, -0.1) is 0 Å². The van der Waals surface area contributed by atoms with Crippen molar-refractivity contribution >= 4 is 34.3 Å². The minimum Gasteiger partial charge on any atom is -0.331 e. The van der Waals surface area contributed by atoms with Gasteiger partial charge in [-0.25, -0.2) is 9.69 Å². The number of fused-ring (bicyclic) bond motifs is 6. The second-order valence-corrected chi connectivity index (χ2v) is 8.59. The third kappa shape index (κ3) is 2.48. The third-order valence-electron chi connectivity index (χ3n) is 6.80. The topological polar surface area (TPSA) is 60.9 Å². The van der Waals surface area contributed by atoms with E-state index in [1.807, 2.05) is 73.7 Å². The molecule has 4 amide bonds. The molecule has 6 rings (SSSR count). The van der Waals surface area contributed by atoms with E-state index < -0.39 is 6.04 Å². The number of likely N-dealkylation sites (tertiary alicyclic amines) is 1. The highest BCUT2D eigenvalue weighted by Gasteiger charge is 2.63. The Kier molecular flexibility index (Phi) is 3.75. The number of carbonyl (C=O) groups excluding carboxylic acids is 3. The fourth-order valence-corrected chi connectivity index (χ4v) is 5.46. The maximum Gasteiger partial charge on any atom is 0.332 e. The molecule has 3 fully saturated rings. The number of nitrogens with zero attached hydrogens (tertiary/aromatic N) is 3. The maximum atomic E-state index is 13.5. The summed E-state index contributed by atoms with van der Waals surface area (Å²) in [5.41, 5.74) is 2.26. The second kappa shape index (κ2) is 6.41. The quantitative estimate of drug-likeness (QED) is 0.606. The number of carbonyl (C=O) groups is 3. The minimum atomic E-state index is -0.612. The molecule has 3 aromatic carbocycles. The monoisotopic (exact) mass is 411 g/mol. The maximum absolute atomic E-state index is 13.5. The van der Waals surface area contributed by atoms with Gasteiger partial charge in [0.25, 0.3) is 11.8 Å². The number of imide groups is 1. The van der Waals surface area contributed by atoms with Crippen LogP contribution in [-0.2, 0) is 4.79 Å². The first kappa shape index (κ1) is 18.1. The number of amides is 4. The van der Waals surface area contributed by atoms with Crippen LogP contribution in [0.5, 0.6) is 0 Å². The van der Waals surface area contributed by atoms with Crippen molar-refractivity contribution in [2.75, 3.05) is 11.4 Å². The van der Waals surface area contributed by atoms with E-state index in [2.05, 4.69) is 0 Å². The zero-order valence-corrected chi connectivity index (χ0v) is 17.1. The Morgan fingerprint density at radius 3 is 2.58 bits per heavy atom. The molecule has 3 heterocycles. The number of hydrogen-bond acceptors (Lipinski definition) is 3. The van der Waals surface area contributed by atoms with Gasteiger partial charge >= 0.3 is 6.03 Å². The van der Waals surface area contributed by atoms with Gasteiger partial charge in [0.1, 0.15) is 6.04 Å². The molecule has 3 aliphatic rings. The number of urea groups is 1. The van der Waals surface area contributed by atoms with Crippen LogP contribution in [0.4, 0.5) is 10.5 Å². The van der Waals surface area contributed by atoms with Crippen LogP contribution in [0.2, 0.25) is 0 Å². The van der Waals surface area contributed by atoms with Crippen LogP contribution in [0.3, 0.4) is 0 Å². The number of aryl methyl sites for hydroxylation is 1. The summed E-state index contributed by atoms with van der Waals surface area (Å²) in [5.74, 6) is -0.310. The predicted octanol–water partition coefficient (Wildman–Crippen LogP) is 3.58. The Bertz CT molecular complexity index is 1260. The Labute approximate surface area is 179 Å². The van der Waals surface area contributed by atoms with E-state index in [0.29, 0.717) is 24.2 Å². The standard InChI is InChI=1S/C25H21N3O3/c1-15-6-4-9-17(12-15)23(29)26-14-18-13-21(26)22-24(30)28(25(31)27(18)22)20-11-5-8-16-7-2-3-10-19(16)20/h2-12,18,21-22H,13-14H2,1H3/t18-,21?,22-/m1/s1. The molecule has 0 aliphatic carbocycles. The van der Waals surface area contributed by atoms with E-state index in [-0.39, 0.29) is 29.9 Å². The molecule has 0 radical (unpaired) electrons. The van der Waals surface area contributed by atoms with Gasteiger partial charge < -0.3 is 9.80 Å². The van der Waals surface area contributed by atoms with Crippen LogP contribution in [0.15, 0.2) is 66.7 Å². The molecule has 0 N–H and O–H groups in total. The first-order valence-electron chi connectivity index (χ1n) is 10.6. The molecule has 3 atom stereocenters. The average Bonchev–Trinajstić information content (AvgIpc) is 3.44. The number of anilines is 1. The highest BCUT2D eigenvalue weighted by Crippen LogP contribution is 2.43. The summed E-state index contributed by atoms with van der Waals surface area (Å²) < 4.78 is 0. The molecule has 0 saturated carbocycles. The van der Waals surface area contributed by atoms with E-state index >= 15 is 0 Å². The highest BCUT2D eigenvalue weighted by atomic mass is 16.2. The van der Waals surface area contributed by atoms with Crippen LogP contribution < -0.4 is 4.90 Å². The lowest BCUT2D eigenvalue weighted by Gasteiger charge is -2.35. The molecule has 3 saturated heterocycles. The zero-order chi connectivity index (χ0) is 21.3. The molecule has 6 nitrogen and oxygen atoms in total. The molecule has 2 bridgehead atoms. The van der Waals surface area contributed by atoms with E-state index in [0.717, 1.165) is 16.3 Å². The number of benzene rings is 3. The Hall–Kier alpha value is -3.67. The molecule has 154 valence electrons. The zero-order valence-electron chi connectivity index (χ0n) is 17.1. The van der Waals surface area contributed by atoms with E-state index in [1.165, 1.54) is 4.90 Å². The molecular formula is C25H21N3O3. The van der Waals surface area contributed by atoms with Crippen molar-refractivity contribution in [3.63, 3.8) is 0 Å². The van der Waals surface area contributed by atoms with Crippen LogP contribution in [0.1, 0.15) is 22.3 Å². The lowest BCUT2D eigenvalue weighted by molar-refractivity contribution is -0.121. The fraction of sp³-hybridized carbons (Fsp3) is 0.240. The van der Waals surface area contributed by atoms with Gasteiger partial charge in [-0.05, 0) is 36.9 Å². The average molecular weight is 411 g/mol. The molecule has 1 unspecified atom stereocenters. The Balaban J connectivity index is 1.36. The first-order valence-corrected chi connectivity index (χ1v) is 10.6. The highest BCUT2D eigenvalue weighted by molar-refractivity contribution is 6.25. The van der Waals surface area contributed by atoms with Crippen molar-refractivity contribution in [2.45, 2.75) is 31.5 Å². The fourth-order valence-electron chi connectivity index (χ4n) is 5.46. The molecule has 3 aromatic rings. The second-order valence-electron chi connectivity index (χ2n) is 8.59. The summed E-state index contributed by atoms with van der Waals surface area (Å²) in [6.07, 6.45) is 0.656. The summed E-state index contributed by atoms with van der Waals surface area (Å²) >= 11 is 0. The SMILES string of the molecule is Cc1cccc(C(=O)N2C[C@H]3CC2[C@@H]2C(=O)N(c4cccc5ccccc45)C(=O)N32)c1. The van der Waals surface area contributed by atoms with Crippen LogP contribution in [0, 0.1) is 6.92 Å². The van der Waals surface area contributed by atoms with Gasteiger partial charge in [0.05, 0.1) is 17.8 Å². The van der Waals surface area contributed by atoms with Crippen molar-refractivity contribution in [1.29, 1.82) is 0 Å². The number of hydrogen-bond donors (Lipinski definition) is 0. The van der Waals surface area contributed by atoms with Crippen molar-refractivity contribution in [3.05, 3.63) is 77.9 Å². The van der Waals surface area contributed by atoms with Gasteiger partial charge in [-0.1, -0.05) is 54.1 Å².